The molecule has 1 heterocycles. The average molecular weight is 223 g/mol. The summed E-state index contributed by atoms with van der Waals surface area (Å²) in [6.45, 7) is 1.24. The van der Waals surface area contributed by atoms with Crippen LogP contribution in [0.5, 0.6) is 0 Å². The van der Waals surface area contributed by atoms with E-state index < -0.39 is 11.9 Å². The summed E-state index contributed by atoms with van der Waals surface area (Å²) in [5.41, 5.74) is 0.786. The second kappa shape index (κ2) is 4.61. The van der Waals surface area contributed by atoms with Gasteiger partial charge < -0.3 is 10.4 Å². The summed E-state index contributed by atoms with van der Waals surface area (Å²) >= 11 is 0. The number of carboxylic acid groups (broad SMARTS) is 1. The molecule has 1 aliphatic rings. The number of carbonyl (C=O) groups is 1. The first-order valence-corrected chi connectivity index (χ1v) is 5.37. The Balaban J connectivity index is 2.26. The lowest BCUT2D eigenvalue weighted by Gasteiger charge is -2.29. The summed E-state index contributed by atoms with van der Waals surface area (Å²) in [5, 5.41) is 12.2. The lowest BCUT2D eigenvalue weighted by molar-refractivity contribution is -0.142. The highest BCUT2D eigenvalue weighted by Crippen LogP contribution is 2.30. The van der Waals surface area contributed by atoms with Gasteiger partial charge in [0.25, 0.3) is 0 Å². The van der Waals surface area contributed by atoms with Crippen molar-refractivity contribution in [2.75, 3.05) is 13.1 Å². The van der Waals surface area contributed by atoms with E-state index in [9.17, 15) is 9.18 Å². The molecule has 0 aliphatic carbocycles. The number of carboxylic acids is 1. The van der Waals surface area contributed by atoms with E-state index >= 15 is 0 Å². The third-order valence-electron chi connectivity index (χ3n) is 3.08. The van der Waals surface area contributed by atoms with E-state index in [0.29, 0.717) is 6.54 Å². The maximum absolute atomic E-state index is 13.1. The Bertz CT molecular complexity index is 394. The quantitative estimate of drug-likeness (QED) is 0.800. The topological polar surface area (TPSA) is 49.3 Å². The van der Waals surface area contributed by atoms with Gasteiger partial charge in [-0.05, 0) is 36.6 Å². The number of halogens is 1. The van der Waals surface area contributed by atoms with Crippen LogP contribution in [0, 0.1) is 11.7 Å². The van der Waals surface area contributed by atoms with Crippen molar-refractivity contribution in [1.82, 2.24) is 5.32 Å². The van der Waals surface area contributed by atoms with Gasteiger partial charge in [-0.25, -0.2) is 4.39 Å². The van der Waals surface area contributed by atoms with Gasteiger partial charge in [-0.15, -0.1) is 0 Å². The fourth-order valence-corrected chi connectivity index (χ4v) is 2.25. The molecule has 86 valence electrons. The number of hydrogen-bond acceptors (Lipinski definition) is 2. The Labute approximate surface area is 93.3 Å². The fraction of sp³-hybridized carbons (Fsp3) is 0.417. The highest BCUT2D eigenvalue weighted by Gasteiger charge is 2.31. The molecular weight excluding hydrogens is 209 g/mol. The molecule has 2 atom stereocenters. The van der Waals surface area contributed by atoms with E-state index in [1.54, 1.807) is 12.1 Å². The average Bonchev–Trinajstić information content (AvgIpc) is 2.29. The van der Waals surface area contributed by atoms with Gasteiger partial charge in [0.05, 0.1) is 5.92 Å². The highest BCUT2D eigenvalue weighted by atomic mass is 19.1. The van der Waals surface area contributed by atoms with Gasteiger partial charge in [-0.1, -0.05) is 12.1 Å². The van der Waals surface area contributed by atoms with Crippen molar-refractivity contribution in [3.05, 3.63) is 35.6 Å². The summed E-state index contributed by atoms with van der Waals surface area (Å²) in [7, 11) is 0. The van der Waals surface area contributed by atoms with Crippen LogP contribution in [0.4, 0.5) is 4.39 Å². The molecule has 2 rings (SSSR count). The van der Waals surface area contributed by atoms with Crippen LogP contribution >= 0.6 is 0 Å². The van der Waals surface area contributed by atoms with E-state index in [4.69, 9.17) is 5.11 Å². The maximum Gasteiger partial charge on any atom is 0.308 e. The summed E-state index contributed by atoms with van der Waals surface area (Å²) < 4.78 is 13.1. The minimum absolute atomic E-state index is 0.0885. The van der Waals surface area contributed by atoms with Gasteiger partial charge in [-0.2, -0.15) is 0 Å². The number of nitrogens with one attached hydrogen (secondary N) is 1. The van der Waals surface area contributed by atoms with Crippen molar-refractivity contribution < 1.29 is 14.3 Å². The molecular formula is C12H14FNO2. The van der Waals surface area contributed by atoms with E-state index in [2.05, 4.69) is 5.32 Å². The SMILES string of the molecule is O=C(O)C1CNCCC1c1cccc(F)c1. The van der Waals surface area contributed by atoms with Crippen molar-refractivity contribution in [2.45, 2.75) is 12.3 Å². The molecule has 2 unspecified atom stereocenters. The van der Waals surface area contributed by atoms with Gasteiger partial charge in [0.2, 0.25) is 0 Å². The summed E-state index contributed by atoms with van der Waals surface area (Å²) in [4.78, 5) is 11.1. The lowest BCUT2D eigenvalue weighted by Crippen LogP contribution is -2.39. The van der Waals surface area contributed by atoms with Crippen LogP contribution in [0.2, 0.25) is 0 Å². The van der Waals surface area contributed by atoms with Gasteiger partial charge >= 0.3 is 5.97 Å². The molecule has 16 heavy (non-hydrogen) atoms. The normalized spacial score (nSPS) is 25.3. The monoisotopic (exact) mass is 223 g/mol. The van der Waals surface area contributed by atoms with Crippen molar-refractivity contribution in [1.29, 1.82) is 0 Å². The Hall–Kier alpha value is -1.42. The predicted octanol–water partition coefficient (Wildman–Crippen LogP) is 1.60. The largest absolute Gasteiger partial charge is 0.481 e. The second-order valence-electron chi connectivity index (χ2n) is 4.10. The van der Waals surface area contributed by atoms with Crippen LogP contribution in [-0.2, 0) is 4.79 Å². The molecule has 0 radical (unpaired) electrons. The number of benzene rings is 1. The molecule has 0 bridgehead atoms. The first-order valence-electron chi connectivity index (χ1n) is 5.37. The number of rotatable bonds is 2. The fourth-order valence-electron chi connectivity index (χ4n) is 2.25. The molecule has 1 saturated heterocycles. The van der Waals surface area contributed by atoms with Crippen LogP contribution < -0.4 is 5.32 Å². The summed E-state index contributed by atoms with van der Waals surface area (Å²) in [6, 6.07) is 6.24. The summed E-state index contributed by atoms with van der Waals surface area (Å²) in [6.07, 6.45) is 0.737. The number of hydrogen-bond donors (Lipinski definition) is 2. The Kier molecular flexibility index (Phi) is 3.19. The molecule has 0 spiro atoms. The van der Waals surface area contributed by atoms with Crippen LogP contribution in [0.15, 0.2) is 24.3 Å². The van der Waals surface area contributed by atoms with E-state index in [0.717, 1.165) is 18.5 Å². The molecule has 0 amide bonds. The number of aliphatic carboxylic acids is 1. The van der Waals surface area contributed by atoms with E-state index in [1.165, 1.54) is 12.1 Å². The van der Waals surface area contributed by atoms with E-state index in [1.807, 2.05) is 0 Å². The van der Waals surface area contributed by atoms with Crippen molar-refractivity contribution in [3.8, 4) is 0 Å². The van der Waals surface area contributed by atoms with Gasteiger partial charge in [-0.3, -0.25) is 4.79 Å². The van der Waals surface area contributed by atoms with Crippen molar-refractivity contribution >= 4 is 5.97 Å². The number of piperidine rings is 1. The minimum atomic E-state index is -0.818. The smallest absolute Gasteiger partial charge is 0.308 e. The first kappa shape index (κ1) is 11.1. The third-order valence-corrected chi connectivity index (χ3v) is 3.08. The standard InChI is InChI=1S/C12H14FNO2/c13-9-3-1-2-8(6-9)10-4-5-14-7-11(10)12(15)16/h1-3,6,10-11,14H,4-5,7H2,(H,15,16). The van der Waals surface area contributed by atoms with Crippen LogP contribution in [0.25, 0.3) is 0 Å². The molecule has 1 aliphatic heterocycles. The second-order valence-corrected chi connectivity index (χ2v) is 4.10. The molecule has 1 aromatic rings. The Morgan fingerprint density at radius 1 is 1.50 bits per heavy atom. The zero-order valence-corrected chi connectivity index (χ0v) is 8.82. The van der Waals surface area contributed by atoms with Gasteiger partial charge in [0.15, 0.2) is 0 Å². The zero-order chi connectivity index (χ0) is 11.5. The van der Waals surface area contributed by atoms with Crippen LogP contribution in [0.3, 0.4) is 0 Å². The molecule has 1 aromatic carbocycles. The first-order chi connectivity index (χ1) is 7.68. The van der Waals surface area contributed by atoms with Crippen molar-refractivity contribution in [2.24, 2.45) is 5.92 Å². The molecule has 4 heteroatoms. The van der Waals surface area contributed by atoms with Crippen LogP contribution in [-0.4, -0.2) is 24.2 Å². The Morgan fingerprint density at radius 3 is 3.00 bits per heavy atom. The van der Waals surface area contributed by atoms with E-state index in [-0.39, 0.29) is 11.7 Å². The predicted molar refractivity (Wildman–Crippen MR) is 57.8 cm³/mol. The molecule has 0 aromatic heterocycles. The van der Waals surface area contributed by atoms with Crippen LogP contribution in [0.1, 0.15) is 17.9 Å². The lowest BCUT2D eigenvalue weighted by atomic mass is 9.81. The van der Waals surface area contributed by atoms with Crippen molar-refractivity contribution in [3.63, 3.8) is 0 Å². The summed E-state index contributed by atoms with van der Waals surface area (Å²) in [5.74, 6) is -1.67. The molecule has 2 N–H and O–H groups in total. The maximum atomic E-state index is 13.1. The third kappa shape index (κ3) is 2.22. The zero-order valence-electron chi connectivity index (χ0n) is 8.82. The highest BCUT2D eigenvalue weighted by molar-refractivity contribution is 5.72. The molecule has 1 fully saturated rings. The Morgan fingerprint density at radius 2 is 2.31 bits per heavy atom. The molecule has 3 nitrogen and oxygen atoms in total. The minimum Gasteiger partial charge on any atom is -0.481 e. The molecule has 0 saturated carbocycles. The van der Waals surface area contributed by atoms with Gasteiger partial charge in [0, 0.05) is 6.54 Å². The van der Waals surface area contributed by atoms with Gasteiger partial charge in [0.1, 0.15) is 5.82 Å².